The third kappa shape index (κ3) is 3.43. The molecule has 0 fully saturated rings. The highest BCUT2D eigenvalue weighted by Crippen LogP contribution is 2.38. The summed E-state index contributed by atoms with van der Waals surface area (Å²) in [4.78, 5) is 4.45. The van der Waals surface area contributed by atoms with Gasteiger partial charge in [-0.3, -0.25) is 0 Å². The average molecular weight is 433 g/mol. The molecule has 0 saturated carbocycles. The van der Waals surface area contributed by atoms with Crippen molar-refractivity contribution in [2.24, 2.45) is 5.73 Å². The van der Waals surface area contributed by atoms with Crippen LogP contribution >= 0.6 is 11.6 Å². The molecular weight excluding hydrogens is 417 g/mol. The van der Waals surface area contributed by atoms with Gasteiger partial charge < -0.3 is 10.8 Å². The normalized spacial score (nSPS) is 11.9. The molecule has 0 aliphatic carbocycles. The van der Waals surface area contributed by atoms with Gasteiger partial charge in [-0.15, -0.1) is 0 Å². The molecule has 2 aromatic carbocycles. The van der Waals surface area contributed by atoms with Gasteiger partial charge in [0.25, 0.3) is 0 Å². The van der Waals surface area contributed by atoms with E-state index in [2.05, 4.69) is 10.1 Å². The lowest BCUT2D eigenvalue weighted by Gasteiger charge is -2.14. The summed E-state index contributed by atoms with van der Waals surface area (Å²) in [5.41, 5.74) is 8.63. The van der Waals surface area contributed by atoms with Crippen LogP contribution in [0.4, 0.5) is 13.2 Å². The van der Waals surface area contributed by atoms with Crippen molar-refractivity contribution < 1.29 is 18.3 Å². The van der Waals surface area contributed by atoms with Gasteiger partial charge in [-0.05, 0) is 18.2 Å². The van der Waals surface area contributed by atoms with E-state index in [-0.39, 0.29) is 13.2 Å². The van der Waals surface area contributed by atoms with Crippen LogP contribution in [0.25, 0.3) is 28.0 Å². The summed E-state index contributed by atoms with van der Waals surface area (Å²) in [6.07, 6.45) is -2.86. The van der Waals surface area contributed by atoms with Gasteiger partial charge in [0.15, 0.2) is 5.65 Å². The van der Waals surface area contributed by atoms with E-state index in [1.165, 1.54) is 16.6 Å². The van der Waals surface area contributed by atoms with Crippen LogP contribution in [-0.2, 0) is 19.3 Å². The molecule has 30 heavy (non-hydrogen) atoms. The number of benzene rings is 2. The number of hydrogen-bond donors (Lipinski definition) is 2. The van der Waals surface area contributed by atoms with Crippen LogP contribution in [0, 0.1) is 0 Å². The Morgan fingerprint density at radius 3 is 2.33 bits per heavy atom. The van der Waals surface area contributed by atoms with E-state index in [4.69, 9.17) is 17.3 Å². The zero-order valence-corrected chi connectivity index (χ0v) is 16.2. The van der Waals surface area contributed by atoms with Gasteiger partial charge in [0.1, 0.15) is 0 Å². The second-order valence-electron chi connectivity index (χ2n) is 6.60. The van der Waals surface area contributed by atoms with Crippen molar-refractivity contribution in [1.82, 2.24) is 14.6 Å². The van der Waals surface area contributed by atoms with Crippen molar-refractivity contribution >= 4 is 17.2 Å². The Kier molecular flexibility index (Phi) is 5.23. The Balaban J connectivity index is 2.04. The monoisotopic (exact) mass is 432 g/mol. The smallest absolute Gasteiger partial charge is 0.390 e. The Bertz CT molecular complexity index is 1220. The van der Waals surface area contributed by atoms with Gasteiger partial charge in [-0.25, -0.2) is 9.50 Å². The van der Waals surface area contributed by atoms with Gasteiger partial charge in [0.05, 0.1) is 23.6 Å². The Morgan fingerprint density at radius 2 is 1.73 bits per heavy atom. The maximum Gasteiger partial charge on any atom is 0.416 e. The molecule has 154 valence electrons. The first-order valence-corrected chi connectivity index (χ1v) is 9.36. The highest BCUT2D eigenvalue weighted by atomic mass is 35.5. The first kappa shape index (κ1) is 20.3. The first-order chi connectivity index (χ1) is 14.3. The van der Waals surface area contributed by atoms with Gasteiger partial charge in [-0.2, -0.15) is 18.3 Å². The van der Waals surface area contributed by atoms with Crippen LogP contribution in [0.1, 0.15) is 16.8 Å². The molecule has 0 aliphatic rings. The molecule has 2 aromatic heterocycles. The first-order valence-electron chi connectivity index (χ1n) is 8.98. The van der Waals surface area contributed by atoms with E-state index in [1.54, 1.807) is 30.5 Å². The topological polar surface area (TPSA) is 76.4 Å². The summed E-state index contributed by atoms with van der Waals surface area (Å²) in [5.74, 6) is 0. The van der Waals surface area contributed by atoms with E-state index >= 15 is 0 Å². The molecule has 0 aliphatic heterocycles. The van der Waals surface area contributed by atoms with Crippen molar-refractivity contribution in [2.75, 3.05) is 0 Å². The summed E-state index contributed by atoms with van der Waals surface area (Å²) in [6, 6.07) is 11.9. The fourth-order valence-electron chi connectivity index (χ4n) is 3.38. The maximum absolute atomic E-state index is 13.0. The zero-order valence-electron chi connectivity index (χ0n) is 15.5. The lowest BCUT2D eigenvalue weighted by atomic mass is 9.99. The highest BCUT2D eigenvalue weighted by molar-refractivity contribution is 6.33. The second kappa shape index (κ2) is 7.71. The minimum Gasteiger partial charge on any atom is -0.390 e. The summed E-state index contributed by atoms with van der Waals surface area (Å²) in [7, 11) is 0. The molecule has 0 atom stereocenters. The average Bonchev–Trinajstić information content (AvgIpc) is 3.10. The molecule has 0 amide bonds. The number of rotatable bonds is 4. The number of nitrogens with two attached hydrogens (primary N) is 1. The largest absolute Gasteiger partial charge is 0.416 e. The van der Waals surface area contributed by atoms with Crippen molar-refractivity contribution in [1.29, 1.82) is 0 Å². The molecule has 0 radical (unpaired) electrons. The number of hydrogen-bond acceptors (Lipinski definition) is 4. The van der Waals surface area contributed by atoms with Crippen LogP contribution in [0.5, 0.6) is 0 Å². The van der Waals surface area contributed by atoms with Crippen molar-refractivity contribution in [3.8, 4) is 22.4 Å². The molecule has 2 heterocycles. The zero-order chi connectivity index (χ0) is 21.5. The summed E-state index contributed by atoms with van der Waals surface area (Å²) in [5, 5.41) is 14.5. The minimum absolute atomic E-state index is 0.101. The Hall–Kier alpha value is -2.94. The summed E-state index contributed by atoms with van der Waals surface area (Å²) < 4.78 is 40.6. The van der Waals surface area contributed by atoms with Crippen LogP contribution in [0.3, 0.4) is 0 Å². The molecule has 0 bridgehead atoms. The summed E-state index contributed by atoms with van der Waals surface area (Å²) in [6.45, 7) is -0.242. The molecule has 5 nitrogen and oxygen atoms in total. The molecule has 0 unspecified atom stereocenters. The van der Waals surface area contributed by atoms with Crippen molar-refractivity contribution in [2.45, 2.75) is 19.3 Å². The predicted octanol–water partition coefficient (Wildman–Crippen LogP) is 4.69. The fraction of sp³-hybridized carbons (Fsp3) is 0.143. The molecule has 9 heteroatoms. The fourth-order valence-corrected chi connectivity index (χ4v) is 3.62. The van der Waals surface area contributed by atoms with Crippen LogP contribution in [0.2, 0.25) is 5.02 Å². The van der Waals surface area contributed by atoms with Crippen molar-refractivity contribution in [3.63, 3.8) is 0 Å². The van der Waals surface area contributed by atoms with Crippen LogP contribution < -0.4 is 5.73 Å². The van der Waals surface area contributed by atoms with E-state index in [0.717, 1.165) is 12.1 Å². The molecule has 4 aromatic rings. The molecule has 0 saturated heterocycles. The van der Waals surface area contributed by atoms with E-state index < -0.39 is 11.7 Å². The van der Waals surface area contributed by atoms with Gasteiger partial charge in [-0.1, -0.05) is 41.9 Å². The summed E-state index contributed by atoms with van der Waals surface area (Å²) >= 11 is 6.38. The predicted molar refractivity (Wildman–Crippen MR) is 108 cm³/mol. The molecule has 0 spiro atoms. The number of alkyl halides is 3. The van der Waals surface area contributed by atoms with E-state index in [9.17, 15) is 18.3 Å². The lowest BCUT2D eigenvalue weighted by molar-refractivity contribution is -0.137. The van der Waals surface area contributed by atoms with Crippen LogP contribution in [-0.4, -0.2) is 19.7 Å². The molecule has 4 rings (SSSR count). The van der Waals surface area contributed by atoms with E-state index in [0.29, 0.717) is 44.3 Å². The highest BCUT2D eigenvalue weighted by Gasteiger charge is 2.30. The SMILES string of the molecule is NCc1c(CO)nn2c(-c3ccc(C(F)(F)F)cc3)c(-c3ccccc3Cl)cnc12. The van der Waals surface area contributed by atoms with Crippen LogP contribution in [0.15, 0.2) is 54.7 Å². The Labute approximate surface area is 174 Å². The third-order valence-electron chi connectivity index (χ3n) is 4.83. The number of halogens is 4. The standard InChI is InChI=1S/C21H16ClF3N4O/c22-17-4-2-1-3-14(17)16-10-27-20-15(9-26)18(11-30)28-29(20)19(16)12-5-7-13(8-6-12)21(23,24)25/h1-8,10,30H,9,11,26H2. The number of aromatic nitrogens is 3. The number of aliphatic hydroxyl groups is 1. The van der Waals surface area contributed by atoms with Gasteiger partial charge in [0.2, 0.25) is 0 Å². The lowest BCUT2D eigenvalue weighted by Crippen LogP contribution is -2.05. The minimum atomic E-state index is -4.44. The Morgan fingerprint density at radius 1 is 1.03 bits per heavy atom. The number of fused-ring (bicyclic) bond motifs is 1. The van der Waals surface area contributed by atoms with Crippen molar-refractivity contribution in [3.05, 3.63) is 76.6 Å². The number of nitrogens with zero attached hydrogens (tertiary/aromatic N) is 3. The van der Waals surface area contributed by atoms with Gasteiger partial charge in [0, 0.05) is 40.0 Å². The third-order valence-corrected chi connectivity index (χ3v) is 5.16. The van der Waals surface area contributed by atoms with E-state index in [1.807, 2.05) is 0 Å². The molecule has 3 N–H and O–H groups in total. The number of aliphatic hydroxyl groups excluding tert-OH is 1. The molecular formula is C21H16ClF3N4O. The second-order valence-corrected chi connectivity index (χ2v) is 7.01. The van der Waals surface area contributed by atoms with Gasteiger partial charge >= 0.3 is 6.18 Å². The quantitative estimate of drug-likeness (QED) is 0.490. The maximum atomic E-state index is 13.0.